The number of carbonyl (C=O) groups excluding carboxylic acids is 1. The van der Waals surface area contributed by atoms with Crippen molar-refractivity contribution in [3.05, 3.63) is 80.0 Å². The lowest BCUT2D eigenvalue weighted by atomic mass is 9.90. The second kappa shape index (κ2) is 10.2. The zero-order valence-corrected chi connectivity index (χ0v) is 19.6. The summed E-state index contributed by atoms with van der Waals surface area (Å²) in [7, 11) is 1.58. The van der Waals surface area contributed by atoms with Gasteiger partial charge in [-0.05, 0) is 66.6 Å². The number of benzene rings is 2. The number of aryl methyl sites for hydroxylation is 1. The predicted molar refractivity (Wildman–Crippen MR) is 129 cm³/mol. The number of ether oxygens (including phenoxy) is 2. The van der Waals surface area contributed by atoms with E-state index >= 15 is 0 Å². The lowest BCUT2D eigenvalue weighted by Gasteiger charge is -2.16. The lowest BCUT2D eigenvalue weighted by Crippen LogP contribution is -2.16. The highest BCUT2D eigenvalue weighted by molar-refractivity contribution is 7.14. The average molecular weight is 469 g/mol. The normalized spacial score (nSPS) is 15.4. The first-order valence-corrected chi connectivity index (χ1v) is 11.7. The number of hydrazone groups is 1. The molecule has 5 nitrogen and oxygen atoms in total. The lowest BCUT2D eigenvalue weighted by molar-refractivity contribution is 0.0959. The minimum absolute atomic E-state index is 0.181. The Morgan fingerprint density at radius 1 is 1.25 bits per heavy atom. The van der Waals surface area contributed by atoms with Gasteiger partial charge in [-0.2, -0.15) is 5.10 Å². The van der Waals surface area contributed by atoms with Crippen molar-refractivity contribution in [1.29, 1.82) is 0 Å². The maximum atomic E-state index is 12.5. The third-order valence-electron chi connectivity index (χ3n) is 5.46. The molecule has 1 aromatic heterocycles. The molecule has 1 N–H and O–H groups in total. The van der Waals surface area contributed by atoms with E-state index in [0.717, 1.165) is 24.0 Å². The van der Waals surface area contributed by atoms with Crippen molar-refractivity contribution in [3.8, 4) is 11.5 Å². The molecule has 1 unspecified atom stereocenters. The van der Waals surface area contributed by atoms with Gasteiger partial charge >= 0.3 is 0 Å². The number of hydrogen-bond acceptors (Lipinski definition) is 5. The van der Waals surface area contributed by atoms with Gasteiger partial charge in [0.25, 0.3) is 5.91 Å². The van der Waals surface area contributed by atoms with Crippen molar-refractivity contribution in [2.75, 3.05) is 7.11 Å². The number of rotatable bonds is 7. The summed E-state index contributed by atoms with van der Waals surface area (Å²) < 4.78 is 11.3. The molecule has 0 aliphatic heterocycles. The molecule has 32 heavy (non-hydrogen) atoms. The SMILES string of the molecule is COc1cc(C=NNC(=O)c2cc3c(s2)CCC(C)C3)ccc1OCc1ccccc1Cl. The maximum Gasteiger partial charge on any atom is 0.281 e. The molecule has 0 radical (unpaired) electrons. The molecule has 1 aliphatic carbocycles. The van der Waals surface area contributed by atoms with Crippen LogP contribution in [0.4, 0.5) is 0 Å². The van der Waals surface area contributed by atoms with Crippen LogP contribution in [0.25, 0.3) is 0 Å². The highest BCUT2D eigenvalue weighted by Crippen LogP contribution is 2.32. The minimum Gasteiger partial charge on any atom is -0.493 e. The van der Waals surface area contributed by atoms with Crippen LogP contribution in [0.15, 0.2) is 53.6 Å². The van der Waals surface area contributed by atoms with Crippen LogP contribution in [0.2, 0.25) is 5.02 Å². The van der Waals surface area contributed by atoms with E-state index in [9.17, 15) is 4.79 Å². The van der Waals surface area contributed by atoms with E-state index in [2.05, 4.69) is 17.5 Å². The minimum atomic E-state index is -0.181. The first kappa shape index (κ1) is 22.4. The molecule has 4 rings (SSSR count). The quantitative estimate of drug-likeness (QED) is 0.348. The Morgan fingerprint density at radius 2 is 2.09 bits per heavy atom. The number of nitrogens with zero attached hydrogens (tertiary/aromatic N) is 1. The third-order valence-corrected chi connectivity index (χ3v) is 7.07. The van der Waals surface area contributed by atoms with E-state index in [1.807, 2.05) is 48.5 Å². The Balaban J connectivity index is 1.37. The number of hydrogen-bond donors (Lipinski definition) is 1. The summed E-state index contributed by atoms with van der Waals surface area (Å²) in [5, 5.41) is 4.78. The Labute approximate surface area is 197 Å². The largest absolute Gasteiger partial charge is 0.493 e. The molecule has 1 aliphatic rings. The fourth-order valence-electron chi connectivity index (χ4n) is 3.69. The molecule has 3 aromatic rings. The average Bonchev–Trinajstić information content (AvgIpc) is 3.22. The molecule has 0 spiro atoms. The van der Waals surface area contributed by atoms with Crippen LogP contribution in [-0.4, -0.2) is 19.2 Å². The molecule has 166 valence electrons. The molecular weight excluding hydrogens is 444 g/mol. The van der Waals surface area contributed by atoms with Gasteiger partial charge in [0.15, 0.2) is 11.5 Å². The number of nitrogens with one attached hydrogen (secondary N) is 1. The van der Waals surface area contributed by atoms with Crippen LogP contribution in [0.5, 0.6) is 11.5 Å². The topological polar surface area (TPSA) is 59.9 Å². The molecule has 0 saturated heterocycles. The number of methoxy groups -OCH3 is 1. The van der Waals surface area contributed by atoms with Crippen LogP contribution in [-0.2, 0) is 19.4 Å². The zero-order chi connectivity index (χ0) is 22.5. The van der Waals surface area contributed by atoms with Crippen molar-refractivity contribution in [3.63, 3.8) is 0 Å². The molecule has 1 atom stereocenters. The Hall–Kier alpha value is -2.83. The van der Waals surface area contributed by atoms with Crippen molar-refractivity contribution in [2.45, 2.75) is 32.8 Å². The van der Waals surface area contributed by atoms with Gasteiger partial charge in [0.2, 0.25) is 0 Å². The van der Waals surface area contributed by atoms with Crippen LogP contribution < -0.4 is 14.9 Å². The molecule has 0 bridgehead atoms. The van der Waals surface area contributed by atoms with E-state index < -0.39 is 0 Å². The molecule has 0 fully saturated rings. The second-order valence-corrected chi connectivity index (χ2v) is 9.44. The second-order valence-electron chi connectivity index (χ2n) is 7.90. The Bertz CT molecular complexity index is 1140. The maximum absolute atomic E-state index is 12.5. The van der Waals surface area contributed by atoms with Crippen LogP contribution in [0.1, 0.15) is 44.6 Å². The monoisotopic (exact) mass is 468 g/mol. The van der Waals surface area contributed by atoms with E-state index in [0.29, 0.717) is 33.9 Å². The summed E-state index contributed by atoms with van der Waals surface area (Å²) in [5.74, 6) is 1.68. The van der Waals surface area contributed by atoms with Crippen molar-refractivity contribution in [2.24, 2.45) is 11.0 Å². The first-order valence-electron chi connectivity index (χ1n) is 10.5. The number of fused-ring (bicyclic) bond motifs is 1. The number of amides is 1. The van der Waals surface area contributed by atoms with Gasteiger partial charge in [0.05, 0.1) is 18.2 Å². The summed E-state index contributed by atoms with van der Waals surface area (Å²) in [6, 6.07) is 15.0. The van der Waals surface area contributed by atoms with E-state index in [4.69, 9.17) is 21.1 Å². The molecule has 0 saturated carbocycles. The van der Waals surface area contributed by atoms with Gasteiger partial charge in [-0.15, -0.1) is 11.3 Å². The molecule has 1 amide bonds. The van der Waals surface area contributed by atoms with Crippen molar-refractivity contribution in [1.82, 2.24) is 5.43 Å². The van der Waals surface area contributed by atoms with E-state index in [1.54, 1.807) is 24.7 Å². The Kier molecular flexibility index (Phi) is 7.12. The van der Waals surface area contributed by atoms with Gasteiger partial charge in [-0.1, -0.05) is 36.7 Å². The van der Waals surface area contributed by atoms with Gasteiger partial charge in [0.1, 0.15) is 6.61 Å². The third kappa shape index (κ3) is 5.31. The molecule has 7 heteroatoms. The number of halogens is 1. The predicted octanol–water partition coefficient (Wildman–Crippen LogP) is 5.88. The highest BCUT2D eigenvalue weighted by Gasteiger charge is 2.20. The first-order chi connectivity index (χ1) is 15.5. The van der Waals surface area contributed by atoms with E-state index in [-0.39, 0.29) is 5.91 Å². The molecular formula is C25H25ClN2O3S. The summed E-state index contributed by atoms with van der Waals surface area (Å²) in [6.45, 7) is 2.59. The summed E-state index contributed by atoms with van der Waals surface area (Å²) in [5.41, 5.74) is 5.61. The van der Waals surface area contributed by atoms with Crippen molar-refractivity contribution >= 4 is 35.1 Å². The van der Waals surface area contributed by atoms with Gasteiger partial charge in [-0.3, -0.25) is 4.79 Å². The summed E-state index contributed by atoms with van der Waals surface area (Å²) >= 11 is 7.76. The van der Waals surface area contributed by atoms with Gasteiger partial charge < -0.3 is 9.47 Å². The van der Waals surface area contributed by atoms with E-state index in [1.165, 1.54) is 16.9 Å². The van der Waals surface area contributed by atoms with Crippen LogP contribution in [0, 0.1) is 5.92 Å². The standard InChI is InChI=1S/C25H25ClN2O3S/c1-16-7-10-23-19(11-16)13-24(32-23)25(29)28-27-14-17-8-9-21(22(12-17)30-2)31-15-18-5-3-4-6-20(18)26/h3-6,8-9,12-14,16H,7,10-11,15H2,1-2H3,(H,28,29). The van der Waals surface area contributed by atoms with Gasteiger partial charge in [-0.25, -0.2) is 5.43 Å². The van der Waals surface area contributed by atoms with Crippen molar-refractivity contribution < 1.29 is 14.3 Å². The molecule has 1 heterocycles. The number of carbonyl (C=O) groups is 1. The number of thiophene rings is 1. The zero-order valence-electron chi connectivity index (χ0n) is 18.1. The summed E-state index contributed by atoms with van der Waals surface area (Å²) in [6.07, 6.45) is 4.88. The smallest absolute Gasteiger partial charge is 0.281 e. The van der Waals surface area contributed by atoms with Crippen LogP contribution in [0.3, 0.4) is 0 Å². The Morgan fingerprint density at radius 3 is 2.91 bits per heavy atom. The molecule has 2 aromatic carbocycles. The fourth-order valence-corrected chi connectivity index (χ4v) is 4.98. The van der Waals surface area contributed by atoms with Gasteiger partial charge in [0, 0.05) is 15.5 Å². The fraction of sp³-hybridized carbons (Fsp3) is 0.280. The van der Waals surface area contributed by atoms with Crippen LogP contribution >= 0.6 is 22.9 Å². The highest BCUT2D eigenvalue weighted by atomic mass is 35.5. The summed E-state index contributed by atoms with van der Waals surface area (Å²) in [4.78, 5) is 14.5.